The molecule has 116 valence electrons. The van der Waals surface area contributed by atoms with Crippen molar-refractivity contribution in [3.05, 3.63) is 22.2 Å². The number of hydrogen-bond acceptors (Lipinski definition) is 5. The van der Waals surface area contributed by atoms with Crippen LogP contribution in [0.25, 0.3) is 0 Å². The summed E-state index contributed by atoms with van der Waals surface area (Å²) >= 11 is 3.34. The molecular formula is C15H19BrO5. The number of halogens is 1. The Kier molecular flexibility index (Phi) is 5.47. The Hall–Kier alpha value is -1.27. The van der Waals surface area contributed by atoms with Crippen molar-refractivity contribution in [1.82, 2.24) is 0 Å². The predicted octanol–water partition coefficient (Wildman–Crippen LogP) is 2.99. The van der Waals surface area contributed by atoms with E-state index in [4.69, 9.17) is 14.2 Å². The van der Waals surface area contributed by atoms with E-state index in [1.54, 1.807) is 26.2 Å². The highest BCUT2D eigenvalue weighted by atomic mass is 79.9. The first-order valence-corrected chi connectivity index (χ1v) is 7.74. The summed E-state index contributed by atoms with van der Waals surface area (Å²) in [7, 11) is 1.55. The molecule has 6 heteroatoms. The average molecular weight is 359 g/mol. The fraction of sp³-hybridized carbons (Fsp3) is 0.533. The second kappa shape index (κ2) is 7.13. The molecule has 0 aromatic heterocycles. The Morgan fingerprint density at radius 2 is 2.14 bits per heavy atom. The molecule has 1 saturated carbocycles. The molecule has 21 heavy (non-hydrogen) atoms. The molecule has 0 saturated heterocycles. The second-order valence-corrected chi connectivity index (χ2v) is 5.70. The van der Waals surface area contributed by atoms with Gasteiger partial charge in [0.15, 0.2) is 17.6 Å². The molecule has 1 aliphatic carbocycles. The minimum Gasteiger partial charge on any atom is -0.493 e. The third-order valence-corrected chi connectivity index (χ3v) is 4.12. The van der Waals surface area contributed by atoms with Crippen molar-refractivity contribution < 1.29 is 24.1 Å². The summed E-state index contributed by atoms with van der Waals surface area (Å²) in [6, 6.07) is 3.31. The maximum Gasteiger partial charge on any atom is 0.339 e. The highest BCUT2D eigenvalue weighted by Gasteiger charge is 2.26. The third kappa shape index (κ3) is 3.68. The molecule has 1 unspecified atom stereocenters. The van der Waals surface area contributed by atoms with Gasteiger partial charge in [-0.2, -0.15) is 0 Å². The first kappa shape index (κ1) is 16.1. The van der Waals surface area contributed by atoms with Crippen molar-refractivity contribution >= 4 is 21.9 Å². The smallest absolute Gasteiger partial charge is 0.339 e. The summed E-state index contributed by atoms with van der Waals surface area (Å²) in [6.45, 7) is 1.91. The number of rotatable bonds is 6. The molecule has 1 aliphatic rings. The van der Waals surface area contributed by atoms with E-state index in [-0.39, 0.29) is 12.7 Å². The van der Waals surface area contributed by atoms with Crippen molar-refractivity contribution in [2.75, 3.05) is 13.7 Å². The van der Waals surface area contributed by atoms with E-state index in [2.05, 4.69) is 15.9 Å². The van der Waals surface area contributed by atoms with E-state index in [1.165, 1.54) is 0 Å². The highest BCUT2D eigenvalue weighted by molar-refractivity contribution is 9.10. The van der Waals surface area contributed by atoms with Gasteiger partial charge < -0.3 is 19.3 Å². The fourth-order valence-corrected chi connectivity index (χ4v) is 2.57. The number of aliphatic hydroxyl groups is 1. The van der Waals surface area contributed by atoms with Gasteiger partial charge in [-0.05, 0) is 38.3 Å². The van der Waals surface area contributed by atoms with Crippen LogP contribution in [0.5, 0.6) is 11.5 Å². The summed E-state index contributed by atoms with van der Waals surface area (Å²) in [5.41, 5.74) is 0.406. The molecule has 1 aromatic rings. The van der Waals surface area contributed by atoms with Crippen LogP contribution in [0.2, 0.25) is 0 Å². The van der Waals surface area contributed by atoms with E-state index in [9.17, 15) is 9.90 Å². The Labute approximate surface area is 132 Å². The number of methoxy groups -OCH3 is 1. The van der Waals surface area contributed by atoms with Crippen molar-refractivity contribution in [1.29, 1.82) is 0 Å². The zero-order chi connectivity index (χ0) is 15.4. The monoisotopic (exact) mass is 358 g/mol. The quantitative estimate of drug-likeness (QED) is 0.791. The van der Waals surface area contributed by atoms with Gasteiger partial charge in [0.1, 0.15) is 0 Å². The fourth-order valence-electron chi connectivity index (χ4n) is 2.03. The molecule has 0 spiro atoms. The van der Waals surface area contributed by atoms with E-state index >= 15 is 0 Å². The summed E-state index contributed by atoms with van der Waals surface area (Å²) in [5, 5.41) is 10.1. The molecule has 0 heterocycles. The topological polar surface area (TPSA) is 65.0 Å². The molecule has 1 N–H and O–H groups in total. The first-order valence-electron chi connectivity index (χ1n) is 6.95. The molecule has 5 nitrogen and oxygen atoms in total. The maximum absolute atomic E-state index is 11.7. The van der Waals surface area contributed by atoms with Crippen molar-refractivity contribution in [3.63, 3.8) is 0 Å². The van der Waals surface area contributed by atoms with Crippen LogP contribution < -0.4 is 9.47 Å². The van der Waals surface area contributed by atoms with E-state index in [1.807, 2.05) is 0 Å². The molecule has 1 fully saturated rings. The SMILES string of the molecule is CCOC(=O)C(O)c1cc(OC2CCC2)c(OC)cc1Br. The van der Waals surface area contributed by atoms with Crippen LogP contribution in [-0.4, -0.2) is 30.9 Å². The van der Waals surface area contributed by atoms with E-state index < -0.39 is 12.1 Å². The molecule has 0 bridgehead atoms. The number of esters is 1. The number of ether oxygens (including phenoxy) is 3. The molecular weight excluding hydrogens is 340 g/mol. The van der Waals surface area contributed by atoms with Gasteiger partial charge in [-0.3, -0.25) is 0 Å². The minimum atomic E-state index is -1.35. The van der Waals surface area contributed by atoms with Crippen LogP contribution in [0, 0.1) is 0 Å². The van der Waals surface area contributed by atoms with Crippen LogP contribution in [0.15, 0.2) is 16.6 Å². The van der Waals surface area contributed by atoms with Gasteiger partial charge in [-0.1, -0.05) is 15.9 Å². The van der Waals surface area contributed by atoms with Crippen molar-refractivity contribution in [3.8, 4) is 11.5 Å². The zero-order valence-corrected chi connectivity index (χ0v) is 13.7. The van der Waals surface area contributed by atoms with Gasteiger partial charge >= 0.3 is 5.97 Å². The number of benzene rings is 1. The van der Waals surface area contributed by atoms with Crippen molar-refractivity contribution in [2.24, 2.45) is 0 Å². The lowest BCUT2D eigenvalue weighted by Crippen LogP contribution is -2.25. The molecule has 0 amide bonds. The van der Waals surface area contributed by atoms with Gasteiger partial charge in [-0.15, -0.1) is 0 Å². The van der Waals surface area contributed by atoms with E-state index in [0.29, 0.717) is 21.5 Å². The van der Waals surface area contributed by atoms with Crippen LogP contribution >= 0.6 is 15.9 Å². The number of carbonyl (C=O) groups is 1. The van der Waals surface area contributed by atoms with Gasteiger partial charge in [0.25, 0.3) is 0 Å². The number of carbonyl (C=O) groups excluding carboxylic acids is 1. The molecule has 1 atom stereocenters. The average Bonchev–Trinajstić information content (AvgIpc) is 2.43. The highest BCUT2D eigenvalue weighted by Crippen LogP contribution is 2.38. The van der Waals surface area contributed by atoms with Gasteiger partial charge in [0, 0.05) is 10.0 Å². The van der Waals surface area contributed by atoms with Crippen LogP contribution in [0.3, 0.4) is 0 Å². The third-order valence-electron chi connectivity index (χ3n) is 3.43. The van der Waals surface area contributed by atoms with Gasteiger partial charge in [0.2, 0.25) is 0 Å². The second-order valence-electron chi connectivity index (χ2n) is 4.85. The van der Waals surface area contributed by atoms with Crippen LogP contribution in [0.1, 0.15) is 37.9 Å². The molecule has 0 aliphatic heterocycles. The number of hydrogen-bond donors (Lipinski definition) is 1. The lowest BCUT2D eigenvalue weighted by atomic mass is 9.96. The van der Waals surface area contributed by atoms with Crippen LogP contribution in [0.4, 0.5) is 0 Å². The summed E-state index contributed by atoms with van der Waals surface area (Å²) < 4.78 is 16.5. The summed E-state index contributed by atoms with van der Waals surface area (Å²) in [5.74, 6) is 0.412. The lowest BCUT2D eigenvalue weighted by molar-refractivity contribution is -0.153. The summed E-state index contributed by atoms with van der Waals surface area (Å²) in [4.78, 5) is 11.7. The summed E-state index contributed by atoms with van der Waals surface area (Å²) in [6.07, 6.45) is 1.99. The largest absolute Gasteiger partial charge is 0.493 e. The van der Waals surface area contributed by atoms with E-state index in [0.717, 1.165) is 19.3 Å². The predicted molar refractivity (Wildman–Crippen MR) is 80.6 cm³/mol. The maximum atomic E-state index is 11.7. The Bertz CT molecular complexity index is 513. The normalized spacial score (nSPS) is 16.0. The molecule has 0 radical (unpaired) electrons. The zero-order valence-electron chi connectivity index (χ0n) is 12.1. The lowest BCUT2D eigenvalue weighted by Gasteiger charge is -2.27. The standard InChI is InChI=1S/C15H19BrO5/c1-3-20-15(18)14(17)10-7-13(21-9-5-4-6-9)12(19-2)8-11(10)16/h7-9,14,17H,3-6H2,1-2H3. The van der Waals surface area contributed by atoms with Crippen LogP contribution in [-0.2, 0) is 9.53 Å². The Balaban J connectivity index is 2.27. The first-order chi connectivity index (χ1) is 10.1. The van der Waals surface area contributed by atoms with Crippen molar-refractivity contribution in [2.45, 2.75) is 38.4 Å². The Morgan fingerprint density at radius 1 is 1.43 bits per heavy atom. The Morgan fingerprint density at radius 3 is 2.67 bits per heavy atom. The van der Waals surface area contributed by atoms with Gasteiger partial charge in [0.05, 0.1) is 19.8 Å². The number of aliphatic hydroxyl groups excluding tert-OH is 1. The minimum absolute atomic E-state index is 0.174. The molecule has 2 rings (SSSR count). The molecule has 1 aromatic carbocycles. The van der Waals surface area contributed by atoms with Gasteiger partial charge in [-0.25, -0.2) is 4.79 Å².